The number of piperidine rings is 1. The molecule has 3 heterocycles. The number of hydrogen-bond acceptors (Lipinski definition) is 5. The molecule has 1 amide bonds. The summed E-state index contributed by atoms with van der Waals surface area (Å²) in [7, 11) is 0. The Balaban J connectivity index is 1.36. The highest BCUT2D eigenvalue weighted by atomic mass is 16.5. The SMILES string of the molecule is O=C(C1CCCN(Cc2ncc(-c3ccccc3)o2)C1)N1CCOCC1. The van der Waals surface area contributed by atoms with Crippen molar-refractivity contribution < 1.29 is 13.9 Å². The molecule has 4 rings (SSSR count). The molecule has 0 spiro atoms. The van der Waals surface area contributed by atoms with Gasteiger partial charge in [-0.05, 0) is 19.4 Å². The number of morpholine rings is 1. The van der Waals surface area contributed by atoms with Crippen LogP contribution < -0.4 is 0 Å². The molecule has 0 aliphatic carbocycles. The number of oxazole rings is 1. The van der Waals surface area contributed by atoms with Crippen molar-refractivity contribution in [1.82, 2.24) is 14.8 Å². The summed E-state index contributed by atoms with van der Waals surface area (Å²) in [6.07, 6.45) is 3.78. The number of nitrogens with zero attached hydrogens (tertiary/aromatic N) is 3. The van der Waals surface area contributed by atoms with Crippen LogP contribution in [-0.4, -0.2) is 60.1 Å². The lowest BCUT2D eigenvalue weighted by molar-refractivity contribution is -0.141. The molecular weight excluding hydrogens is 330 g/mol. The molecule has 2 aliphatic heterocycles. The summed E-state index contributed by atoms with van der Waals surface area (Å²) in [6.45, 7) is 5.15. The quantitative estimate of drug-likeness (QED) is 0.843. The Kier molecular flexibility index (Phi) is 5.32. The molecule has 6 nitrogen and oxygen atoms in total. The van der Waals surface area contributed by atoms with Crippen LogP contribution in [0, 0.1) is 5.92 Å². The zero-order chi connectivity index (χ0) is 17.8. The van der Waals surface area contributed by atoms with Gasteiger partial charge in [0.15, 0.2) is 5.76 Å². The van der Waals surface area contributed by atoms with E-state index in [0.717, 1.165) is 50.3 Å². The maximum Gasteiger partial charge on any atom is 0.227 e. The van der Waals surface area contributed by atoms with Crippen LogP contribution in [0.15, 0.2) is 40.9 Å². The topological polar surface area (TPSA) is 58.8 Å². The van der Waals surface area contributed by atoms with Gasteiger partial charge in [0.2, 0.25) is 11.8 Å². The second-order valence-electron chi connectivity index (χ2n) is 7.00. The van der Waals surface area contributed by atoms with E-state index in [-0.39, 0.29) is 11.8 Å². The monoisotopic (exact) mass is 355 g/mol. The zero-order valence-corrected chi connectivity index (χ0v) is 15.0. The molecular formula is C20H25N3O3. The molecule has 1 atom stereocenters. The lowest BCUT2D eigenvalue weighted by atomic mass is 9.96. The fourth-order valence-electron chi connectivity index (χ4n) is 3.75. The van der Waals surface area contributed by atoms with Crippen molar-refractivity contribution >= 4 is 5.91 Å². The smallest absolute Gasteiger partial charge is 0.227 e. The standard InChI is InChI=1S/C20H25N3O3/c24-20(23-9-11-25-12-10-23)17-7-4-8-22(14-17)15-19-21-13-18(26-19)16-5-2-1-3-6-16/h1-3,5-6,13,17H,4,7-12,14-15H2. The highest BCUT2D eigenvalue weighted by molar-refractivity contribution is 5.79. The summed E-state index contributed by atoms with van der Waals surface area (Å²) in [4.78, 5) is 21.4. The van der Waals surface area contributed by atoms with Gasteiger partial charge in [0.05, 0.1) is 31.9 Å². The summed E-state index contributed by atoms with van der Waals surface area (Å²) in [5.41, 5.74) is 1.03. The Bertz CT molecular complexity index is 725. The number of hydrogen-bond donors (Lipinski definition) is 0. The average molecular weight is 355 g/mol. The van der Waals surface area contributed by atoms with E-state index >= 15 is 0 Å². The van der Waals surface area contributed by atoms with Gasteiger partial charge in [-0.1, -0.05) is 30.3 Å². The number of likely N-dealkylation sites (tertiary alicyclic amines) is 1. The molecule has 1 aromatic heterocycles. The van der Waals surface area contributed by atoms with E-state index in [4.69, 9.17) is 9.15 Å². The molecule has 0 N–H and O–H groups in total. The average Bonchev–Trinajstić information content (AvgIpc) is 3.17. The van der Waals surface area contributed by atoms with E-state index in [1.807, 2.05) is 35.2 Å². The van der Waals surface area contributed by atoms with Gasteiger partial charge in [-0.25, -0.2) is 4.98 Å². The number of carbonyl (C=O) groups excluding carboxylic acids is 1. The molecule has 1 unspecified atom stereocenters. The first-order valence-electron chi connectivity index (χ1n) is 9.38. The van der Waals surface area contributed by atoms with Crippen molar-refractivity contribution in [3.8, 4) is 11.3 Å². The zero-order valence-electron chi connectivity index (χ0n) is 15.0. The predicted octanol–water partition coefficient (Wildman–Crippen LogP) is 2.41. The van der Waals surface area contributed by atoms with E-state index in [1.54, 1.807) is 6.20 Å². The lowest BCUT2D eigenvalue weighted by Crippen LogP contribution is -2.48. The number of aromatic nitrogens is 1. The fraction of sp³-hybridized carbons (Fsp3) is 0.500. The third-order valence-electron chi connectivity index (χ3n) is 5.15. The largest absolute Gasteiger partial charge is 0.439 e. The van der Waals surface area contributed by atoms with E-state index in [0.29, 0.717) is 25.6 Å². The molecule has 138 valence electrons. The van der Waals surface area contributed by atoms with Gasteiger partial charge < -0.3 is 14.1 Å². The van der Waals surface area contributed by atoms with Crippen molar-refractivity contribution in [2.45, 2.75) is 19.4 Å². The van der Waals surface area contributed by atoms with Gasteiger partial charge in [0.25, 0.3) is 0 Å². The number of benzene rings is 1. The molecule has 6 heteroatoms. The minimum Gasteiger partial charge on any atom is -0.439 e. The fourth-order valence-corrected chi connectivity index (χ4v) is 3.75. The maximum atomic E-state index is 12.7. The predicted molar refractivity (Wildman–Crippen MR) is 97.3 cm³/mol. The van der Waals surface area contributed by atoms with Crippen LogP contribution in [0.4, 0.5) is 0 Å². The van der Waals surface area contributed by atoms with E-state index in [1.165, 1.54) is 0 Å². The van der Waals surface area contributed by atoms with Gasteiger partial charge in [-0.2, -0.15) is 0 Å². The summed E-state index contributed by atoms with van der Waals surface area (Å²) < 4.78 is 11.3. The first-order chi connectivity index (χ1) is 12.8. The van der Waals surface area contributed by atoms with E-state index in [9.17, 15) is 4.79 Å². The van der Waals surface area contributed by atoms with Crippen LogP contribution in [-0.2, 0) is 16.1 Å². The number of carbonyl (C=O) groups is 1. The molecule has 0 bridgehead atoms. The van der Waals surface area contributed by atoms with Crippen molar-refractivity contribution in [1.29, 1.82) is 0 Å². The Hall–Kier alpha value is -2.18. The molecule has 2 aromatic rings. The Morgan fingerprint density at radius 2 is 1.96 bits per heavy atom. The number of rotatable bonds is 4. The van der Waals surface area contributed by atoms with Crippen LogP contribution in [0.5, 0.6) is 0 Å². The van der Waals surface area contributed by atoms with Crippen LogP contribution in [0.3, 0.4) is 0 Å². The van der Waals surface area contributed by atoms with E-state index < -0.39 is 0 Å². The minimum absolute atomic E-state index is 0.0744. The Morgan fingerprint density at radius 3 is 2.77 bits per heavy atom. The number of ether oxygens (including phenoxy) is 1. The second kappa shape index (κ2) is 8.01. The molecule has 2 aliphatic rings. The van der Waals surface area contributed by atoms with Crippen molar-refractivity contribution in [2.75, 3.05) is 39.4 Å². The minimum atomic E-state index is 0.0744. The highest BCUT2D eigenvalue weighted by Gasteiger charge is 2.30. The summed E-state index contributed by atoms with van der Waals surface area (Å²) in [5.74, 6) is 1.85. The van der Waals surface area contributed by atoms with Crippen LogP contribution in [0.2, 0.25) is 0 Å². The third kappa shape index (κ3) is 3.97. The molecule has 2 fully saturated rings. The van der Waals surface area contributed by atoms with E-state index in [2.05, 4.69) is 9.88 Å². The summed E-state index contributed by atoms with van der Waals surface area (Å²) in [6, 6.07) is 10.00. The number of amides is 1. The van der Waals surface area contributed by atoms with Gasteiger partial charge in [-0.3, -0.25) is 9.69 Å². The lowest BCUT2D eigenvalue weighted by Gasteiger charge is -2.35. The summed E-state index contributed by atoms with van der Waals surface area (Å²) >= 11 is 0. The van der Waals surface area contributed by atoms with Gasteiger partial charge >= 0.3 is 0 Å². The summed E-state index contributed by atoms with van der Waals surface area (Å²) in [5, 5.41) is 0. The third-order valence-corrected chi connectivity index (χ3v) is 5.15. The van der Waals surface area contributed by atoms with Crippen molar-refractivity contribution in [3.63, 3.8) is 0 Å². The molecule has 0 radical (unpaired) electrons. The first kappa shape index (κ1) is 17.2. The van der Waals surface area contributed by atoms with Crippen LogP contribution in [0.1, 0.15) is 18.7 Å². The molecule has 2 saturated heterocycles. The van der Waals surface area contributed by atoms with Gasteiger partial charge in [0.1, 0.15) is 0 Å². The van der Waals surface area contributed by atoms with Crippen molar-refractivity contribution in [2.24, 2.45) is 5.92 Å². The molecule has 0 saturated carbocycles. The molecule has 1 aromatic carbocycles. The highest BCUT2D eigenvalue weighted by Crippen LogP contribution is 2.23. The van der Waals surface area contributed by atoms with Gasteiger partial charge in [-0.15, -0.1) is 0 Å². The Labute approximate surface area is 153 Å². The van der Waals surface area contributed by atoms with Crippen LogP contribution in [0.25, 0.3) is 11.3 Å². The first-order valence-corrected chi connectivity index (χ1v) is 9.38. The normalized spacial score (nSPS) is 21.7. The van der Waals surface area contributed by atoms with Gasteiger partial charge in [0, 0.05) is 25.2 Å². The Morgan fingerprint density at radius 1 is 1.15 bits per heavy atom. The molecule has 26 heavy (non-hydrogen) atoms. The van der Waals surface area contributed by atoms with Crippen LogP contribution >= 0.6 is 0 Å². The maximum absolute atomic E-state index is 12.7. The van der Waals surface area contributed by atoms with Crippen molar-refractivity contribution in [3.05, 3.63) is 42.4 Å². The second-order valence-corrected chi connectivity index (χ2v) is 7.00.